The van der Waals surface area contributed by atoms with E-state index in [1.807, 2.05) is 0 Å². The SMILES string of the molecule is COC(=O)CN(C)C(=O)C1CC=CCC1C(=O)O. The van der Waals surface area contributed by atoms with Crippen molar-refractivity contribution in [2.75, 3.05) is 20.7 Å². The van der Waals surface area contributed by atoms with Crippen molar-refractivity contribution in [3.63, 3.8) is 0 Å². The number of methoxy groups -OCH3 is 1. The molecule has 100 valence electrons. The van der Waals surface area contributed by atoms with E-state index >= 15 is 0 Å². The molecule has 1 aliphatic rings. The highest BCUT2D eigenvalue weighted by Gasteiger charge is 2.35. The summed E-state index contributed by atoms with van der Waals surface area (Å²) < 4.78 is 4.47. The maximum absolute atomic E-state index is 12.1. The number of hydrogen-bond donors (Lipinski definition) is 1. The fourth-order valence-corrected chi connectivity index (χ4v) is 1.98. The molecule has 0 bridgehead atoms. The molecule has 0 heterocycles. The third kappa shape index (κ3) is 3.32. The number of carboxylic acids is 1. The average molecular weight is 255 g/mol. The van der Waals surface area contributed by atoms with Crippen LogP contribution in [0.2, 0.25) is 0 Å². The number of rotatable bonds is 4. The molecule has 18 heavy (non-hydrogen) atoms. The summed E-state index contributed by atoms with van der Waals surface area (Å²) in [6.45, 7) is -0.165. The van der Waals surface area contributed by atoms with Crippen LogP contribution in [0.5, 0.6) is 0 Å². The maximum atomic E-state index is 12.1. The zero-order valence-electron chi connectivity index (χ0n) is 10.5. The minimum absolute atomic E-state index is 0.165. The number of carbonyl (C=O) groups excluding carboxylic acids is 2. The Morgan fingerprint density at radius 3 is 2.33 bits per heavy atom. The molecule has 2 atom stereocenters. The molecule has 1 amide bonds. The summed E-state index contributed by atoms with van der Waals surface area (Å²) >= 11 is 0. The smallest absolute Gasteiger partial charge is 0.325 e. The topological polar surface area (TPSA) is 83.9 Å². The van der Waals surface area contributed by atoms with Crippen molar-refractivity contribution >= 4 is 17.8 Å². The van der Waals surface area contributed by atoms with Crippen LogP contribution in [0.15, 0.2) is 12.2 Å². The predicted molar refractivity (Wildman–Crippen MR) is 62.6 cm³/mol. The zero-order chi connectivity index (χ0) is 13.7. The summed E-state index contributed by atoms with van der Waals surface area (Å²) in [5.41, 5.74) is 0. The monoisotopic (exact) mass is 255 g/mol. The van der Waals surface area contributed by atoms with Gasteiger partial charge in [0, 0.05) is 7.05 Å². The summed E-state index contributed by atoms with van der Waals surface area (Å²) in [5, 5.41) is 9.07. The van der Waals surface area contributed by atoms with E-state index < -0.39 is 23.8 Å². The molecule has 0 radical (unpaired) electrons. The van der Waals surface area contributed by atoms with Crippen LogP contribution < -0.4 is 0 Å². The quantitative estimate of drug-likeness (QED) is 0.576. The van der Waals surface area contributed by atoms with Crippen molar-refractivity contribution in [3.8, 4) is 0 Å². The van der Waals surface area contributed by atoms with Gasteiger partial charge in [0.15, 0.2) is 0 Å². The normalized spacial score (nSPS) is 22.3. The second-order valence-electron chi connectivity index (χ2n) is 4.26. The van der Waals surface area contributed by atoms with Crippen LogP contribution in [-0.4, -0.2) is 48.6 Å². The number of esters is 1. The van der Waals surface area contributed by atoms with Gasteiger partial charge in [0.05, 0.1) is 18.9 Å². The summed E-state index contributed by atoms with van der Waals surface area (Å²) in [4.78, 5) is 35.5. The van der Waals surface area contributed by atoms with Gasteiger partial charge in [-0.2, -0.15) is 0 Å². The van der Waals surface area contributed by atoms with E-state index in [-0.39, 0.29) is 12.5 Å². The first-order valence-electron chi connectivity index (χ1n) is 5.67. The Hall–Kier alpha value is -1.85. The van der Waals surface area contributed by atoms with Crippen molar-refractivity contribution in [3.05, 3.63) is 12.2 Å². The highest BCUT2D eigenvalue weighted by molar-refractivity contribution is 5.87. The van der Waals surface area contributed by atoms with E-state index in [0.717, 1.165) is 0 Å². The average Bonchev–Trinajstić information content (AvgIpc) is 2.37. The highest BCUT2D eigenvalue weighted by atomic mass is 16.5. The molecule has 6 nitrogen and oxygen atoms in total. The molecule has 0 aliphatic heterocycles. The predicted octanol–water partition coefficient (Wildman–Crippen LogP) is 0.285. The molecule has 0 aromatic rings. The minimum Gasteiger partial charge on any atom is -0.481 e. The molecule has 1 N–H and O–H groups in total. The molecule has 0 saturated carbocycles. The number of amides is 1. The maximum Gasteiger partial charge on any atom is 0.325 e. The van der Waals surface area contributed by atoms with Crippen LogP contribution in [-0.2, 0) is 19.1 Å². The highest BCUT2D eigenvalue weighted by Crippen LogP contribution is 2.27. The number of likely N-dealkylation sites (N-methyl/N-ethyl adjacent to an activating group) is 1. The molecule has 6 heteroatoms. The van der Waals surface area contributed by atoms with Gasteiger partial charge in [-0.15, -0.1) is 0 Å². The van der Waals surface area contributed by atoms with E-state index in [2.05, 4.69) is 4.74 Å². The van der Waals surface area contributed by atoms with E-state index in [1.165, 1.54) is 19.1 Å². The van der Waals surface area contributed by atoms with Crippen molar-refractivity contribution in [1.82, 2.24) is 4.90 Å². The first kappa shape index (κ1) is 14.2. The number of aliphatic carboxylic acids is 1. The van der Waals surface area contributed by atoms with Crippen molar-refractivity contribution in [1.29, 1.82) is 0 Å². The van der Waals surface area contributed by atoms with Gasteiger partial charge in [-0.1, -0.05) is 12.2 Å². The Bertz CT molecular complexity index is 377. The van der Waals surface area contributed by atoms with Gasteiger partial charge in [0.1, 0.15) is 6.54 Å². The Morgan fingerprint density at radius 1 is 1.28 bits per heavy atom. The first-order valence-corrected chi connectivity index (χ1v) is 5.67. The zero-order valence-corrected chi connectivity index (χ0v) is 10.5. The van der Waals surface area contributed by atoms with Crippen molar-refractivity contribution < 1.29 is 24.2 Å². The van der Waals surface area contributed by atoms with E-state index in [9.17, 15) is 14.4 Å². The van der Waals surface area contributed by atoms with Crippen molar-refractivity contribution in [2.24, 2.45) is 11.8 Å². The molecule has 1 aliphatic carbocycles. The fourth-order valence-electron chi connectivity index (χ4n) is 1.98. The van der Waals surface area contributed by atoms with Crippen LogP contribution in [0, 0.1) is 11.8 Å². The van der Waals surface area contributed by atoms with Gasteiger partial charge >= 0.3 is 11.9 Å². The Labute approximate surface area is 105 Å². The largest absolute Gasteiger partial charge is 0.481 e. The van der Waals surface area contributed by atoms with Gasteiger partial charge < -0.3 is 14.7 Å². The Morgan fingerprint density at radius 2 is 1.83 bits per heavy atom. The molecule has 0 fully saturated rings. The van der Waals surface area contributed by atoms with Crippen LogP contribution >= 0.6 is 0 Å². The lowest BCUT2D eigenvalue weighted by molar-refractivity contribution is -0.152. The third-order valence-corrected chi connectivity index (χ3v) is 3.04. The lowest BCUT2D eigenvalue weighted by atomic mass is 9.82. The minimum atomic E-state index is -0.982. The number of allylic oxidation sites excluding steroid dienone is 2. The molecule has 0 spiro atoms. The van der Waals surface area contributed by atoms with Crippen LogP contribution in [0.3, 0.4) is 0 Å². The second kappa shape index (κ2) is 6.18. The van der Waals surface area contributed by atoms with Gasteiger partial charge in [0.25, 0.3) is 0 Å². The molecular weight excluding hydrogens is 238 g/mol. The lowest BCUT2D eigenvalue weighted by Gasteiger charge is -2.28. The fraction of sp³-hybridized carbons (Fsp3) is 0.583. The second-order valence-corrected chi connectivity index (χ2v) is 4.26. The summed E-state index contributed by atoms with van der Waals surface area (Å²) in [6, 6.07) is 0. The number of carbonyl (C=O) groups is 3. The van der Waals surface area contributed by atoms with E-state index in [4.69, 9.17) is 5.11 Å². The number of ether oxygens (including phenoxy) is 1. The number of hydrogen-bond acceptors (Lipinski definition) is 4. The van der Waals surface area contributed by atoms with Gasteiger partial charge in [-0.3, -0.25) is 14.4 Å². The molecular formula is C12H17NO5. The van der Waals surface area contributed by atoms with Crippen LogP contribution in [0.4, 0.5) is 0 Å². The number of carboxylic acid groups (broad SMARTS) is 1. The third-order valence-electron chi connectivity index (χ3n) is 3.04. The molecule has 2 unspecified atom stereocenters. The summed E-state index contributed by atoms with van der Waals surface area (Å²) in [5.74, 6) is -3.17. The van der Waals surface area contributed by atoms with Crippen molar-refractivity contribution in [2.45, 2.75) is 12.8 Å². The van der Waals surface area contributed by atoms with Crippen LogP contribution in [0.25, 0.3) is 0 Å². The van der Waals surface area contributed by atoms with Gasteiger partial charge in [-0.25, -0.2) is 0 Å². The van der Waals surface area contributed by atoms with E-state index in [1.54, 1.807) is 12.2 Å². The van der Waals surface area contributed by atoms with E-state index in [0.29, 0.717) is 12.8 Å². The summed E-state index contributed by atoms with van der Waals surface area (Å²) in [7, 11) is 2.71. The molecule has 1 rings (SSSR count). The lowest BCUT2D eigenvalue weighted by Crippen LogP contribution is -2.42. The molecule has 0 aromatic heterocycles. The van der Waals surface area contributed by atoms with Gasteiger partial charge in [-0.05, 0) is 12.8 Å². The Balaban J connectivity index is 2.72. The van der Waals surface area contributed by atoms with Crippen LogP contribution in [0.1, 0.15) is 12.8 Å². The Kier molecular flexibility index (Phi) is 4.88. The molecule has 0 saturated heterocycles. The number of nitrogens with zero attached hydrogens (tertiary/aromatic N) is 1. The first-order chi connectivity index (χ1) is 8.47. The molecule has 0 aromatic carbocycles. The van der Waals surface area contributed by atoms with Gasteiger partial charge in [0.2, 0.25) is 5.91 Å². The summed E-state index contributed by atoms with van der Waals surface area (Å²) in [6.07, 6.45) is 4.30. The standard InChI is InChI=1S/C12H17NO5/c1-13(7-10(14)18-2)11(15)8-5-3-4-6-9(8)12(16)17/h3-4,8-9H,5-7H2,1-2H3,(H,16,17).